The van der Waals surface area contributed by atoms with Crippen molar-refractivity contribution < 1.29 is 9.53 Å². The molecule has 1 aromatic carbocycles. The van der Waals surface area contributed by atoms with E-state index in [0.29, 0.717) is 0 Å². The fourth-order valence-electron chi connectivity index (χ4n) is 2.12. The molecule has 0 saturated heterocycles. The molecule has 3 heteroatoms. The van der Waals surface area contributed by atoms with Crippen LogP contribution in [0.15, 0.2) is 35.3 Å². The molecule has 90 valence electrons. The van der Waals surface area contributed by atoms with Crippen LogP contribution in [-0.4, -0.2) is 24.8 Å². The average molecular weight is 231 g/mol. The molecule has 1 aromatic rings. The third kappa shape index (κ3) is 3.16. The first-order chi connectivity index (χ1) is 8.29. The summed E-state index contributed by atoms with van der Waals surface area (Å²) in [6.07, 6.45) is 3.66. The van der Waals surface area contributed by atoms with Gasteiger partial charge in [0.15, 0.2) is 0 Å². The summed E-state index contributed by atoms with van der Waals surface area (Å²) in [5, 5.41) is 0. The SMILES string of the molecule is COC(=O)C1CCCC(Cc2ccccc2)=N1. The van der Waals surface area contributed by atoms with Crippen LogP contribution in [0.1, 0.15) is 24.8 Å². The van der Waals surface area contributed by atoms with Gasteiger partial charge < -0.3 is 4.74 Å². The predicted octanol–water partition coefficient (Wildman–Crippen LogP) is 2.40. The van der Waals surface area contributed by atoms with Crippen molar-refractivity contribution in [3.63, 3.8) is 0 Å². The van der Waals surface area contributed by atoms with E-state index in [9.17, 15) is 4.79 Å². The lowest BCUT2D eigenvalue weighted by molar-refractivity contribution is -0.142. The minimum Gasteiger partial charge on any atom is -0.467 e. The number of esters is 1. The monoisotopic (exact) mass is 231 g/mol. The number of carbonyl (C=O) groups is 1. The molecule has 0 radical (unpaired) electrons. The Morgan fingerprint density at radius 1 is 1.41 bits per heavy atom. The second kappa shape index (κ2) is 5.62. The Bertz CT molecular complexity index is 411. The molecule has 1 atom stereocenters. The molecule has 0 aliphatic carbocycles. The van der Waals surface area contributed by atoms with Crippen LogP contribution >= 0.6 is 0 Å². The molecule has 1 aliphatic rings. The number of ether oxygens (including phenoxy) is 1. The molecule has 2 rings (SSSR count). The first-order valence-electron chi connectivity index (χ1n) is 5.97. The Balaban J connectivity index is 2.05. The van der Waals surface area contributed by atoms with E-state index in [0.717, 1.165) is 31.4 Å². The number of nitrogens with zero attached hydrogens (tertiary/aromatic N) is 1. The summed E-state index contributed by atoms with van der Waals surface area (Å²) in [6.45, 7) is 0. The van der Waals surface area contributed by atoms with E-state index in [1.54, 1.807) is 0 Å². The summed E-state index contributed by atoms with van der Waals surface area (Å²) >= 11 is 0. The van der Waals surface area contributed by atoms with Gasteiger partial charge in [-0.3, -0.25) is 4.99 Å². The molecule has 1 unspecified atom stereocenters. The number of hydrogen-bond acceptors (Lipinski definition) is 3. The van der Waals surface area contributed by atoms with Crippen molar-refractivity contribution >= 4 is 11.7 Å². The van der Waals surface area contributed by atoms with Crippen LogP contribution in [0.5, 0.6) is 0 Å². The van der Waals surface area contributed by atoms with Gasteiger partial charge >= 0.3 is 5.97 Å². The molecule has 1 aliphatic heterocycles. The number of methoxy groups -OCH3 is 1. The Morgan fingerprint density at radius 2 is 2.18 bits per heavy atom. The fourth-order valence-corrected chi connectivity index (χ4v) is 2.12. The Kier molecular flexibility index (Phi) is 3.91. The highest BCUT2D eigenvalue weighted by molar-refractivity contribution is 5.90. The lowest BCUT2D eigenvalue weighted by atomic mass is 9.98. The maximum absolute atomic E-state index is 11.4. The molecular weight excluding hydrogens is 214 g/mol. The maximum Gasteiger partial charge on any atom is 0.330 e. The summed E-state index contributed by atoms with van der Waals surface area (Å²) in [5.41, 5.74) is 2.36. The summed E-state index contributed by atoms with van der Waals surface area (Å²) in [7, 11) is 1.42. The molecule has 3 nitrogen and oxygen atoms in total. The minimum atomic E-state index is -0.285. The number of carbonyl (C=O) groups excluding carboxylic acids is 1. The zero-order chi connectivity index (χ0) is 12.1. The first kappa shape index (κ1) is 11.8. The van der Waals surface area contributed by atoms with Crippen molar-refractivity contribution in [2.75, 3.05) is 7.11 Å². The molecule has 0 saturated carbocycles. The third-order valence-corrected chi connectivity index (χ3v) is 3.01. The van der Waals surface area contributed by atoms with Crippen LogP contribution in [0.4, 0.5) is 0 Å². The van der Waals surface area contributed by atoms with E-state index in [4.69, 9.17) is 4.74 Å². The van der Waals surface area contributed by atoms with Crippen molar-refractivity contribution in [2.45, 2.75) is 31.7 Å². The van der Waals surface area contributed by atoms with Crippen molar-refractivity contribution in [1.29, 1.82) is 0 Å². The van der Waals surface area contributed by atoms with Gasteiger partial charge in [0.25, 0.3) is 0 Å². The lowest BCUT2D eigenvalue weighted by Gasteiger charge is -2.18. The fraction of sp³-hybridized carbons (Fsp3) is 0.429. The quantitative estimate of drug-likeness (QED) is 0.749. The highest BCUT2D eigenvalue weighted by Gasteiger charge is 2.22. The van der Waals surface area contributed by atoms with Gasteiger partial charge in [-0.1, -0.05) is 30.3 Å². The van der Waals surface area contributed by atoms with Gasteiger partial charge in [0.1, 0.15) is 6.04 Å². The van der Waals surface area contributed by atoms with Crippen LogP contribution in [-0.2, 0) is 16.0 Å². The molecular formula is C14H17NO2. The van der Waals surface area contributed by atoms with E-state index < -0.39 is 0 Å². The van der Waals surface area contributed by atoms with E-state index in [1.807, 2.05) is 18.2 Å². The highest BCUT2D eigenvalue weighted by Crippen LogP contribution is 2.17. The Morgan fingerprint density at radius 3 is 2.88 bits per heavy atom. The van der Waals surface area contributed by atoms with Crippen molar-refractivity contribution in [1.82, 2.24) is 0 Å². The van der Waals surface area contributed by atoms with Crippen molar-refractivity contribution in [2.24, 2.45) is 4.99 Å². The summed E-state index contributed by atoms with van der Waals surface area (Å²) in [6, 6.07) is 9.94. The van der Waals surface area contributed by atoms with Crippen LogP contribution in [0.25, 0.3) is 0 Å². The number of rotatable bonds is 3. The van der Waals surface area contributed by atoms with Gasteiger partial charge in [-0.15, -0.1) is 0 Å². The van der Waals surface area contributed by atoms with Crippen LogP contribution < -0.4 is 0 Å². The van der Waals surface area contributed by atoms with Crippen molar-refractivity contribution in [3.05, 3.63) is 35.9 Å². The summed E-state index contributed by atoms with van der Waals surface area (Å²) in [4.78, 5) is 15.9. The minimum absolute atomic E-state index is 0.213. The van der Waals surface area contributed by atoms with E-state index in [1.165, 1.54) is 12.7 Å². The van der Waals surface area contributed by atoms with Crippen LogP contribution in [0.2, 0.25) is 0 Å². The van der Waals surface area contributed by atoms with Gasteiger partial charge in [0.05, 0.1) is 7.11 Å². The smallest absolute Gasteiger partial charge is 0.330 e. The van der Waals surface area contributed by atoms with Crippen LogP contribution in [0.3, 0.4) is 0 Å². The van der Waals surface area contributed by atoms with Crippen molar-refractivity contribution in [3.8, 4) is 0 Å². The molecule has 0 amide bonds. The van der Waals surface area contributed by atoms with Crippen LogP contribution in [0, 0.1) is 0 Å². The third-order valence-electron chi connectivity index (χ3n) is 3.01. The standard InChI is InChI=1S/C14H17NO2/c1-17-14(16)13-9-5-8-12(15-13)10-11-6-3-2-4-7-11/h2-4,6-7,13H,5,8-10H2,1H3. The predicted molar refractivity (Wildman–Crippen MR) is 67.2 cm³/mol. The largest absolute Gasteiger partial charge is 0.467 e. The summed E-state index contributed by atoms with van der Waals surface area (Å²) in [5.74, 6) is -0.213. The van der Waals surface area contributed by atoms with E-state index in [2.05, 4.69) is 17.1 Å². The molecule has 1 heterocycles. The van der Waals surface area contributed by atoms with Gasteiger partial charge in [-0.05, 0) is 24.8 Å². The maximum atomic E-state index is 11.4. The van der Waals surface area contributed by atoms with E-state index in [-0.39, 0.29) is 12.0 Å². The Labute approximate surface area is 102 Å². The lowest BCUT2D eigenvalue weighted by Crippen LogP contribution is -2.26. The molecule has 0 N–H and O–H groups in total. The zero-order valence-electron chi connectivity index (χ0n) is 10.1. The summed E-state index contributed by atoms with van der Waals surface area (Å²) < 4.78 is 4.74. The number of hydrogen-bond donors (Lipinski definition) is 0. The molecule has 0 bridgehead atoms. The highest BCUT2D eigenvalue weighted by atomic mass is 16.5. The molecule has 17 heavy (non-hydrogen) atoms. The van der Waals surface area contributed by atoms with Gasteiger partial charge in [0, 0.05) is 12.1 Å². The zero-order valence-corrected chi connectivity index (χ0v) is 10.1. The topological polar surface area (TPSA) is 38.7 Å². The second-order valence-corrected chi connectivity index (χ2v) is 4.29. The van der Waals surface area contributed by atoms with Gasteiger partial charge in [-0.25, -0.2) is 4.79 Å². The number of benzene rings is 1. The average Bonchev–Trinajstić information content (AvgIpc) is 2.39. The van der Waals surface area contributed by atoms with Gasteiger partial charge in [-0.2, -0.15) is 0 Å². The molecule has 0 spiro atoms. The molecule has 0 fully saturated rings. The van der Waals surface area contributed by atoms with Gasteiger partial charge in [0.2, 0.25) is 0 Å². The Hall–Kier alpha value is -1.64. The molecule has 0 aromatic heterocycles. The van der Waals surface area contributed by atoms with E-state index >= 15 is 0 Å². The normalized spacial score (nSPS) is 19.6. The first-order valence-corrected chi connectivity index (χ1v) is 5.97. The second-order valence-electron chi connectivity index (χ2n) is 4.29. The number of aliphatic imine (C=N–C) groups is 1.